The summed E-state index contributed by atoms with van der Waals surface area (Å²) in [4.78, 5) is 10.9. The molecule has 1 aliphatic rings. The molecule has 3 N–H and O–H groups in total. The van der Waals surface area contributed by atoms with E-state index in [9.17, 15) is 9.90 Å². The summed E-state index contributed by atoms with van der Waals surface area (Å²) in [5.74, 6) is 0.578. The molecule has 1 aromatic rings. The number of hydrogen-bond donors (Lipinski definition) is 3. The lowest BCUT2D eigenvalue weighted by Gasteiger charge is -2.10. The van der Waals surface area contributed by atoms with Crippen molar-refractivity contribution >= 4 is 6.03 Å². The molecular weight excluding hydrogens is 208 g/mol. The van der Waals surface area contributed by atoms with E-state index in [0.717, 1.165) is 12.0 Å². The predicted octanol–water partition coefficient (Wildman–Crippen LogP) is 0.625. The van der Waals surface area contributed by atoms with Gasteiger partial charge in [-0.05, 0) is 24.1 Å². The average molecular weight is 222 g/mol. The number of carbonyl (C=O) groups excluding carboxylic acids is 1. The van der Waals surface area contributed by atoms with Crippen molar-refractivity contribution in [3.8, 4) is 11.5 Å². The minimum Gasteiger partial charge on any atom is -0.504 e. The number of amides is 2. The monoisotopic (exact) mass is 222 g/mol. The third-order valence-electron chi connectivity index (χ3n) is 2.57. The van der Waals surface area contributed by atoms with Gasteiger partial charge in [-0.25, -0.2) is 4.79 Å². The molecule has 16 heavy (non-hydrogen) atoms. The number of ether oxygens (including phenoxy) is 1. The van der Waals surface area contributed by atoms with Crippen molar-refractivity contribution in [3.63, 3.8) is 0 Å². The summed E-state index contributed by atoms with van der Waals surface area (Å²) in [6, 6.07) is 5.16. The van der Waals surface area contributed by atoms with Crippen LogP contribution in [0.1, 0.15) is 5.56 Å². The van der Waals surface area contributed by atoms with Crippen LogP contribution < -0.4 is 15.4 Å². The molecule has 5 nitrogen and oxygen atoms in total. The van der Waals surface area contributed by atoms with Crippen LogP contribution >= 0.6 is 0 Å². The number of methoxy groups -OCH3 is 1. The lowest BCUT2D eigenvalue weighted by Crippen LogP contribution is -2.28. The summed E-state index contributed by atoms with van der Waals surface area (Å²) in [7, 11) is 1.51. The number of urea groups is 1. The number of carbonyl (C=O) groups is 1. The number of benzene rings is 1. The van der Waals surface area contributed by atoms with Gasteiger partial charge in [0.25, 0.3) is 0 Å². The molecule has 1 heterocycles. The van der Waals surface area contributed by atoms with Crippen LogP contribution in [0.3, 0.4) is 0 Å². The van der Waals surface area contributed by atoms with Crippen molar-refractivity contribution in [2.24, 2.45) is 0 Å². The van der Waals surface area contributed by atoms with Gasteiger partial charge in [0.1, 0.15) is 0 Å². The van der Waals surface area contributed by atoms with Crippen molar-refractivity contribution in [2.45, 2.75) is 12.5 Å². The SMILES string of the molecule is COc1cc(CC2CNC(=O)N2)ccc1O. The summed E-state index contributed by atoms with van der Waals surface area (Å²) in [5.41, 5.74) is 1.02. The Bertz CT molecular complexity index is 406. The molecule has 0 saturated carbocycles. The van der Waals surface area contributed by atoms with Crippen LogP contribution in [0.25, 0.3) is 0 Å². The fourth-order valence-electron chi connectivity index (χ4n) is 1.76. The predicted molar refractivity (Wildman–Crippen MR) is 58.7 cm³/mol. The van der Waals surface area contributed by atoms with Crippen LogP contribution in [0, 0.1) is 0 Å². The highest BCUT2D eigenvalue weighted by Gasteiger charge is 2.20. The van der Waals surface area contributed by atoms with Crippen LogP contribution in [-0.2, 0) is 6.42 Å². The molecule has 1 saturated heterocycles. The molecule has 1 fully saturated rings. The van der Waals surface area contributed by atoms with Gasteiger partial charge in [-0.1, -0.05) is 6.07 Å². The Morgan fingerprint density at radius 3 is 3.00 bits per heavy atom. The largest absolute Gasteiger partial charge is 0.504 e. The van der Waals surface area contributed by atoms with E-state index in [1.807, 2.05) is 6.07 Å². The van der Waals surface area contributed by atoms with E-state index in [1.165, 1.54) is 7.11 Å². The Kier molecular flexibility index (Phi) is 2.85. The maximum absolute atomic E-state index is 10.9. The Hall–Kier alpha value is -1.91. The fraction of sp³-hybridized carbons (Fsp3) is 0.364. The quantitative estimate of drug-likeness (QED) is 0.702. The van der Waals surface area contributed by atoms with E-state index in [2.05, 4.69) is 10.6 Å². The van der Waals surface area contributed by atoms with E-state index in [1.54, 1.807) is 12.1 Å². The van der Waals surface area contributed by atoms with Crippen molar-refractivity contribution < 1.29 is 14.6 Å². The third kappa shape index (κ3) is 2.18. The molecule has 2 amide bonds. The van der Waals surface area contributed by atoms with Crippen molar-refractivity contribution in [1.82, 2.24) is 10.6 Å². The number of phenols is 1. The van der Waals surface area contributed by atoms with E-state index in [0.29, 0.717) is 12.3 Å². The summed E-state index contributed by atoms with van der Waals surface area (Å²) in [6.45, 7) is 0.627. The molecule has 5 heteroatoms. The Labute approximate surface area is 93.4 Å². The molecule has 1 aromatic carbocycles. The van der Waals surface area contributed by atoms with Crippen LogP contribution in [0.2, 0.25) is 0 Å². The number of nitrogens with one attached hydrogen (secondary N) is 2. The van der Waals surface area contributed by atoms with E-state index >= 15 is 0 Å². The normalized spacial score (nSPS) is 19.1. The third-order valence-corrected chi connectivity index (χ3v) is 2.57. The van der Waals surface area contributed by atoms with Crippen LogP contribution in [-0.4, -0.2) is 30.8 Å². The summed E-state index contributed by atoms with van der Waals surface area (Å²) in [5, 5.41) is 14.9. The smallest absolute Gasteiger partial charge is 0.315 e. The zero-order valence-corrected chi connectivity index (χ0v) is 8.99. The van der Waals surface area contributed by atoms with Gasteiger partial charge >= 0.3 is 6.03 Å². The second-order valence-electron chi connectivity index (χ2n) is 3.76. The summed E-state index contributed by atoms with van der Waals surface area (Å²) >= 11 is 0. The van der Waals surface area contributed by atoms with Gasteiger partial charge in [0.15, 0.2) is 11.5 Å². The zero-order valence-electron chi connectivity index (χ0n) is 8.99. The van der Waals surface area contributed by atoms with Gasteiger partial charge in [0.05, 0.1) is 13.2 Å². The Morgan fingerprint density at radius 1 is 1.56 bits per heavy atom. The highest BCUT2D eigenvalue weighted by Crippen LogP contribution is 2.26. The average Bonchev–Trinajstić information content (AvgIpc) is 2.67. The molecular formula is C11H14N2O3. The van der Waals surface area contributed by atoms with Gasteiger partial charge < -0.3 is 20.5 Å². The van der Waals surface area contributed by atoms with Gasteiger partial charge in [0, 0.05) is 6.54 Å². The van der Waals surface area contributed by atoms with Crippen LogP contribution in [0.5, 0.6) is 11.5 Å². The van der Waals surface area contributed by atoms with Gasteiger partial charge in [-0.15, -0.1) is 0 Å². The molecule has 0 bridgehead atoms. The van der Waals surface area contributed by atoms with E-state index in [4.69, 9.17) is 4.74 Å². The minimum atomic E-state index is -0.129. The fourth-order valence-corrected chi connectivity index (χ4v) is 1.76. The second-order valence-corrected chi connectivity index (χ2v) is 3.76. The molecule has 2 rings (SSSR count). The Morgan fingerprint density at radius 2 is 2.38 bits per heavy atom. The summed E-state index contributed by atoms with van der Waals surface area (Å²) < 4.78 is 5.02. The van der Waals surface area contributed by atoms with Crippen LogP contribution in [0.4, 0.5) is 4.79 Å². The topological polar surface area (TPSA) is 70.6 Å². The Balaban J connectivity index is 2.07. The molecule has 1 unspecified atom stereocenters. The number of phenolic OH excluding ortho intramolecular Hbond substituents is 1. The molecule has 86 valence electrons. The molecule has 1 aliphatic heterocycles. The minimum absolute atomic E-state index is 0.0988. The molecule has 0 aromatic heterocycles. The number of rotatable bonds is 3. The molecule has 0 radical (unpaired) electrons. The van der Waals surface area contributed by atoms with Gasteiger partial charge in [-0.2, -0.15) is 0 Å². The number of aromatic hydroxyl groups is 1. The highest BCUT2D eigenvalue weighted by molar-refractivity contribution is 5.76. The van der Waals surface area contributed by atoms with E-state index in [-0.39, 0.29) is 17.8 Å². The number of hydrogen-bond acceptors (Lipinski definition) is 3. The van der Waals surface area contributed by atoms with Crippen molar-refractivity contribution in [3.05, 3.63) is 23.8 Å². The second kappa shape index (κ2) is 4.30. The lowest BCUT2D eigenvalue weighted by atomic mass is 10.1. The van der Waals surface area contributed by atoms with Crippen LogP contribution in [0.15, 0.2) is 18.2 Å². The maximum atomic E-state index is 10.9. The molecule has 1 atom stereocenters. The van der Waals surface area contributed by atoms with Crippen molar-refractivity contribution in [2.75, 3.05) is 13.7 Å². The van der Waals surface area contributed by atoms with Crippen molar-refractivity contribution in [1.29, 1.82) is 0 Å². The lowest BCUT2D eigenvalue weighted by molar-refractivity contribution is 0.247. The molecule has 0 aliphatic carbocycles. The molecule has 0 spiro atoms. The van der Waals surface area contributed by atoms with Gasteiger partial charge in [-0.3, -0.25) is 0 Å². The zero-order chi connectivity index (χ0) is 11.5. The summed E-state index contributed by atoms with van der Waals surface area (Å²) in [6.07, 6.45) is 0.718. The van der Waals surface area contributed by atoms with E-state index < -0.39 is 0 Å². The standard InChI is InChI=1S/C11H14N2O3/c1-16-10-5-7(2-3-9(10)14)4-8-6-12-11(15)13-8/h2-3,5,8,14H,4,6H2,1H3,(H2,12,13,15). The first-order valence-electron chi connectivity index (χ1n) is 5.09. The maximum Gasteiger partial charge on any atom is 0.315 e. The first-order chi connectivity index (χ1) is 7.69. The van der Waals surface area contributed by atoms with Gasteiger partial charge in [0.2, 0.25) is 0 Å². The first-order valence-corrected chi connectivity index (χ1v) is 5.09. The first kappa shape index (κ1) is 10.6. The highest BCUT2D eigenvalue weighted by atomic mass is 16.5.